The Kier molecular flexibility index (Phi) is 7.77. The van der Waals surface area contributed by atoms with Crippen molar-refractivity contribution in [1.29, 1.82) is 0 Å². The topological polar surface area (TPSA) is 107 Å². The van der Waals surface area contributed by atoms with Gasteiger partial charge in [-0.25, -0.2) is 9.37 Å². The first kappa shape index (κ1) is 24.8. The minimum absolute atomic E-state index is 0.0574. The number of nitrogens with one attached hydrogen (secondary N) is 3. The van der Waals surface area contributed by atoms with Gasteiger partial charge in [-0.05, 0) is 55.7 Å². The Morgan fingerprint density at radius 3 is 2.60 bits per heavy atom. The number of imidazole rings is 1. The minimum atomic E-state index is -0.471. The van der Waals surface area contributed by atoms with Crippen LogP contribution in [0.3, 0.4) is 0 Å². The van der Waals surface area contributed by atoms with E-state index in [0.717, 1.165) is 50.6 Å². The second-order valence-electron chi connectivity index (χ2n) is 9.30. The van der Waals surface area contributed by atoms with Crippen molar-refractivity contribution in [2.24, 2.45) is 0 Å². The molecular formula is C26H32FN5O3. The maximum atomic E-state index is 13.4. The highest BCUT2D eigenvalue weighted by Crippen LogP contribution is 2.18. The number of hydrogen-bond donors (Lipinski definition) is 3. The molecule has 1 aliphatic heterocycles. The third kappa shape index (κ3) is 6.43. The van der Waals surface area contributed by atoms with Crippen LogP contribution < -0.4 is 21.8 Å². The highest BCUT2D eigenvalue weighted by molar-refractivity contribution is 5.49. The standard InChI is InChI=1S/C26H32FN5O3/c1-16(2)24-20(28-23(31-24)8-5-9-32-10-11-35-17(3)15-32)14-22-26(34)29-21(25(33)30-22)13-18-6-4-7-19(27)12-18/h4,6-7,12-14,16-17H,5,8-11,15H2,1-3H3,(H,28,31)(H,29,34)(H,30,33)/b21-13-,22-14-. The number of aryl methyl sites for hydroxylation is 1. The Bertz CT molecular complexity index is 1410. The van der Waals surface area contributed by atoms with E-state index in [2.05, 4.69) is 26.8 Å². The first-order valence-electron chi connectivity index (χ1n) is 12.0. The molecule has 1 fully saturated rings. The molecule has 0 radical (unpaired) electrons. The molecule has 1 aromatic carbocycles. The van der Waals surface area contributed by atoms with Crippen molar-refractivity contribution in [3.05, 3.63) is 84.3 Å². The molecule has 0 aliphatic carbocycles. The zero-order valence-electron chi connectivity index (χ0n) is 20.4. The number of nitrogens with zero attached hydrogens (tertiary/aromatic N) is 2. The lowest BCUT2D eigenvalue weighted by Gasteiger charge is -2.30. The quantitative estimate of drug-likeness (QED) is 0.473. The second kappa shape index (κ2) is 11.0. The monoisotopic (exact) mass is 481 g/mol. The summed E-state index contributed by atoms with van der Waals surface area (Å²) in [6, 6.07) is 5.80. The van der Waals surface area contributed by atoms with E-state index in [1.165, 1.54) is 18.2 Å². The van der Waals surface area contributed by atoms with E-state index in [4.69, 9.17) is 9.72 Å². The summed E-state index contributed by atoms with van der Waals surface area (Å²) in [6.45, 7) is 9.82. The highest BCUT2D eigenvalue weighted by Gasteiger charge is 2.17. The van der Waals surface area contributed by atoms with Crippen molar-refractivity contribution >= 4 is 12.2 Å². The molecule has 1 aliphatic rings. The van der Waals surface area contributed by atoms with E-state index in [1.54, 1.807) is 18.2 Å². The Morgan fingerprint density at radius 2 is 1.91 bits per heavy atom. The average Bonchev–Trinajstić information content (AvgIpc) is 3.20. The molecule has 3 N–H and O–H groups in total. The van der Waals surface area contributed by atoms with E-state index in [-0.39, 0.29) is 22.7 Å². The fraction of sp³-hybridized carbons (Fsp3) is 0.423. The molecule has 1 unspecified atom stereocenters. The van der Waals surface area contributed by atoms with Gasteiger partial charge in [0.15, 0.2) is 0 Å². The molecule has 35 heavy (non-hydrogen) atoms. The molecular weight excluding hydrogens is 449 g/mol. The predicted molar refractivity (Wildman–Crippen MR) is 133 cm³/mol. The van der Waals surface area contributed by atoms with Gasteiger partial charge >= 0.3 is 0 Å². The number of benzene rings is 1. The van der Waals surface area contributed by atoms with E-state index >= 15 is 0 Å². The Balaban J connectivity index is 1.57. The molecule has 0 amide bonds. The van der Waals surface area contributed by atoms with Crippen LogP contribution in [0.15, 0.2) is 33.9 Å². The van der Waals surface area contributed by atoms with Gasteiger partial charge in [-0.15, -0.1) is 0 Å². The van der Waals surface area contributed by atoms with Crippen LogP contribution in [0.25, 0.3) is 12.2 Å². The minimum Gasteiger partial charge on any atom is -0.376 e. The van der Waals surface area contributed by atoms with Gasteiger partial charge < -0.3 is 19.7 Å². The number of halogens is 1. The summed E-state index contributed by atoms with van der Waals surface area (Å²) in [5, 5.41) is 0.177. The van der Waals surface area contributed by atoms with Gasteiger partial charge in [0.25, 0.3) is 11.1 Å². The second-order valence-corrected chi connectivity index (χ2v) is 9.30. The fourth-order valence-electron chi connectivity index (χ4n) is 4.28. The molecule has 9 heteroatoms. The molecule has 1 saturated heterocycles. The molecule has 0 spiro atoms. The lowest BCUT2D eigenvalue weighted by atomic mass is 10.1. The molecule has 3 aromatic rings. The third-order valence-corrected chi connectivity index (χ3v) is 6.03. The average molecular weight is 482 g/mol. The van der Waals surface area contributed by atoms with Crippen molar-refractivity contribution in [3.8, 4) is 0 Å². The third-order valence-electron chi connectivity index (χ3n) is 6.03. The fourth-order valence-corrected chi connectivity index (χ4v) is 4.28. The lowest BCUT2D eigenvalue weighted by molar-refractivity contribution is -0.0184. The van der Waals surface area contributed by atoms with Crippen LogP contribution in [0.1, 0.15) is 55.9 Å². The number of aromatic amines is 3. The molecule has 8 nitrogen and oxygen atoms in total. The first-order valence-corrected chi connectivity index (χ1v) is 12.0. The van der Waals surface area contributed by atoms with Gasteiger partial charge in [0.2, 0.25) is 0 Å². The number of morpholine rings is 1. The summed E-state index contributed by atoms with van der Waals surface area (Å²) in [7, 11) is 0. The normalized spacial score (nSPS) is 18.0. The van der Waals surface area contributed by atoms with Gasteiger partial charge in [-0.1, -0.05) is 26.0 Å². The van der Waals surface area contributed by atoms with E-state index in [9.17, 15) is 14.0 Å². The zero-order valence-corrected chi connectivity index (χ0v) is 20.4. The van der Waals surface area contributed by atoms with Crippen LogP contribution in [0.2, 0.25) is 0 Å². The maximum Gasteiger partial charge on any atom is 0.272 e. The predicted octanol–water partition coefficient (Wildman–Crippen LogP) is 1.36. The highest BCUT2D eigenvalue weighted by atomic mass is 19.1. The van der Waals surface area contributed by atoms with Gasteiger partial charge in [0.05, 0.1) is 18.4 Å². The number of hydrogen-bond acceptors (Lipinski definition) is 5. The van der Waals surface area contributed by atoms with Crippen molar-refractivity contribution in [2.75, 3.05) is 26.2 Å². The van der Waals surface area contributed by atoms with Crippen LogP contribution in [0.4, 0.5) is 4.39 Å². The first-order chi connectivity index (χ1) is 16.8. The van der Waals surface area contributed by atoms with Crippen molar-refractivity contribution in [1.82, 2.24) is 24.8 Å². The Morgan fingerprint density at radius 1 is 1.17 bits per heavy atom. The molecule has 2 aromatic heterocycles. The summed E-state index contributed by atoms with van der Waals surface area (Å²) in [5.41, 5.74) is 1.11. The molecule has 1 atom stereocenters. The number of rotatable bonds is 7. The van der Waals surface area contributed by atoms with Crippen LogP contribution in [-0.4, -0.2) is 57.2 Å². The SMILES string of the molecule is CC1CN(CCCc2nc(/C=c3\[nH]c(=O)/c(=C/c4cccc(F)c4)[nH]c3=O)c(C(C)C)[nH]2)CCO1. The number of ether oxygens (including phenoxy) is 1. The number of H-pyrrole nitrogens is 3. The van der Waals surface area contributed by atoms with Gasteiger partial charge in [0, 0.05) is 25.2 Å². The summed E-state index contributed by atoms with van der Waals surface area (Å²) < 4.78 is 19.0. The smallest absolute Gasteiger partial charge is 0.272 e. The summed E-state index contributed by atoms with van der Waals surface area (Å²) in [6.07, 6.45) is 5.05. The van der Waals surface area contributed by atoms with E-state index < -0.39 is 16.9 Å². The number of aromatic nitrogens is 4. The van der Waals surface area contributed by atoms with E-state index in [0.29, 0.717) is 11.3 Å². The largest absolute Gasteiger partial charge is 0.376 e. The van der Waals surface area contributed by atoms with Crippen molar-refractivity contribution in [2.45, 2.75) is 45.6 Å². The molecule has 4 rings (SSSR count). The van der Waals surface area contributed by atoms with Gasteiger partial charge in [0.1, 0.15) is 22.3 Å². The molecule has 0 saturated carbocycles. The van der Waals surface area contributed by atoms with E-state index in [1.807, 2.05) is 13.8 Å². The molecule has 186 valence electrons. The Hall–Kier alpha value is -3.30. The molecule has 3 heterocycles. The van der Waals surface area contributed by atoms with Crippen molar-refractivity contribution < 1.29 is 9.13 Å². The van der Waals surface area contributed by atoms with Crippen LogP contribution in [0.5, 0.6) is 0 Å². The summed E-state index contributed by atoms with van der Waals surface area (Å²) in [5.74, 6) is 0.600. The molecule has 0 bridgehead atoms. The van der Waals surface area contributed by atoms with Crippen LogP contribution >= 0.6 is 0 Å². The zero-order chi connectivity index (χ0) is 24.9. The van der Waals surface area contributed by atoms with Gasteiger partial charge in [-0.2, -0.15) is 0 Å². The summed E-state index contributed by atoms with van der Waals surface area (Å²) >= 11 is 0. The summed E-state index contributed by atoms with van der Waals surface area (Å²) in [4.78, 5) is 41.1. The maximum absolute atomic E-state index is 13.4. The van der Waals surface area contributed by atoms with Crippen LogP contribution in [0, 0.1) is 5.82 Å². The van der Waals surface area contributed by atoms with Crippen molar-refractivity contribution in [3.63, 3.8) is 0 Å². The van der Waals surface area contributed by atoms with Crippen LogP contribution in [-0.2, 0) is 11.2 Å². The Labute approximate surface area is 202 Å². The van der Waals surface area contributed by atoms with Gasteiger partial charge in [-0.3, -0.25) is 14.5 Å². The lowest BCUT2D eigenvalue weighted by Crippen LogP contribution is -2.46.